The summed E-state index contributed by atoms with van der Waals surface area (Å²) in [5, 5.41) is 7.28. The van der Waals surface area contributed by atoms with E-state index in [4.69, 9.17) is 4.74 Å². The number of aromatic nitrogens is 2. The molecule has 1 amide bonds. The van der Waals surface area contributed by atoms with E-state index >= 15 is 0 Å². The van der Waals surface area contributed by atoms with Gasteiger partial charge in [-0.05, 0) is 42.2 Å². The van der Waals surface area contributed by atoms with Crippen molar-refractivity contribution in [1.82, 2.24) is 10.2 Å². The molecule has 0 spiro atoms. The molecule has 1 aliphatic rings. The summed E-state index contributed by atoms with van der Waals surface area (Å²) < 4.78 is 5.91. The summed E-state index contributed by atoms with van der Waals surface area (Å²) in [7, 11) is 1.73. The third kappa shape index (κ3) is 2.86. The molecule has 0 radical (unpaired) electrons. The summed E-state index contributed by atoms with van der Waals surface area (Å²) >= 11 is 0. The summed E-state index contributed by atoms with van der Waals surface area (Å²) in [6.07, 6.45) is 0.0864. The smallest absolute Gasteiger partial charge is 0.269 e. The minimum atomic E-state index is -0.506. The van der Waals surface area contributed by atoms with Crippen LogP contribution in [0.5, 0.6) is 5.75 Å². The molecule has 0 saturated carbocycles. The van der Waals surface area contributed by atoms with Crippen LogP contribution >= 0.6 is 0 Å². The zero-order chi connectivity index (χ0) is 18.3. The van der Waals surface area contributed by atoms with Crippen LogP contribution < -0.4 is 9.64 Å². The molecule has 0 fully saturated rings. The fraction of sp³-hybridized carbons (Fsp3) is 0.238. The number of ether oxygens (including phenoxy) is 1. The molecule has 1 unspecified atom stereocenters. The predicted octanol–water partition coefficient (Wildman–Crippen LogP) is 3.66. The van der Waals surface area contributed by atoms with Crippen molar-refractivity contribution in [1.29, 1.82) is 0 Å². The minimum Gasteiger partial charge on any atom is -0.480 e. The number of rotatable bonds is 3. The average Bonchev–Trinajstić information content (AvgIpc) is 3.29. The van der Waals surface area contributed by atoms with E-state index in [9.17, 15) is 4.79 Å². The topological polar surface area (TPSA) is 58.2 Å². The Kier molecular flexibility index (Phi) is 3.99. The highest BCUT2D eigenvalue weighted by molar-refractivity contribution is 5.96. The quantitative estimate of drug-likeness (QED) is 0.787. The van der Waals surface area contributed by atoms with Gasteiger partial charge < -0.3 is 4.74 Å². The summed E-state index contributed by atoms with van der Waals surface area (Å²) in [5.41, 5.74) is 5.38. The monoisotopic (exact) mass is 347 g/mol. The average molecular weight is 347 g/mol. The highest BCUT2D eigenvalue weighted by Gasteiger charge is 2.32. The summed E-state index contributed by atoms with van der Waals surface area (Å²) in [6, 6.07) is 15.9. The SMILES string of the molecule is Cc1cc2c(cc1C)OC(C(=O)N(C)c1cc(-c3ccccc3)[nH]n1)C2. The van der Waals surface area contributed by atoms with E-state index in [0.717, 1.165) is 22.6 Å². The van der Waals surface area contributed by atoms with Gasteiger partial charge in [0.2, 0.25) is 0 Å². The van der Waals surface area contributed by atoms with Crippen LogP contribution in [0.15, 0.2) is 48.5 Å². The number of hydrogen-bond donors (Lipinski definition) is 1. The van der Waals surface area contributed by atoms with Crippen LogP contribution in [-0.4, -0.2) is 29.3 Å². The van der Waals surface area contributed by atoms with Crippen molar-refractivity contribution in [2.45, 2.75) is 26.4 Å². The maximum Gasteiger partial charge on any atom is 0.269 e. The second-order valence-corrected chi connectivity index (χ2v) is 6.76. The van der Waals surface area contributed by atoms with E-state index in [1.165, 1.54) is 11.1 Å². The molecule has 2 heterocycles. The first kappa shape index (κ1) is 16.4. The molecule has 5 heteroatoms. The molecular formula is C21H21N3O2. The number of nitrogens with one attached hydrogen (secondary N) is 1. The molecule has 0 aliphatic carbocycles. The van der Waals surface area contributed by atoms with Crippen LogP contribution in [0.1, 0.15) is 16.7 Å². The first-order valence-electron chi connectivity index (χ1n) is 8.68. The van der Waals surface area contributed by atoms with E-state index in [1.807, 2.05) is 42.5 Å². The van der Waals surface area contributed by atoms with Gasteiger partial charge in [-0.3, -0.25) is 14.8 Å². The number of fused-ring (bicyclic) bond motifs is 1. The van der Waals surface area contributed by atoms with Crippen molar-refractivity contribution < 1.29 is 9.53 Å². The number of amides is 1. The zero-order valence-electron chi connectivity index (χ0n) is 15.1. The van der Waals surface area contributed by atoms with Gasteiger partial charge >= 0.3 is 0 Å². The Bertz CT molecular complexity index is 932. The van der Waals surface area contributed by atoms with Crippen molar-refractivity contribution in [3.05, 3.63) is 65.2 Å². The zero-order valence-corrected chi connectivity index (χ0v) is 15.1. The van der Waals surface area contributed by atoms with Gasteiger partial charge in [0.05, 0.1) is 5.69 Å². The van der Waals surface area contributed by atoms with Gasteiger partial charge in [0.15, 0.2) is 11.9 Å². The van der Waals surface area contributed by atoms with Crippen LogP contribution in [0, 0.1) is 13.8 Å². The van der Waals surface area contributed by atoms with Gasteiger partial charge in [-0.15, -0.1) is 0 Å². The molecule has 1 atom stereocenters. The Morgan fingerprint density at radius 2 is 1.88 bits per heavy atom. The molecule has 2 aromatic carbocycles. The standard InChI is InChI=1S/C21H21N3O2/c1-13-9-16-11-19(26-18(16)10-14(13)2)21(25)24(3)20-12-17(22-23-20)15-7-5-4-6-8-15/h4-10,12,19H,11H2,1-3H3,(H,22,23). The molecule has 0 saturated heterocycles. The Balaban J connectivity index is 1.52. The van der Waals surface area contributed by atoms with Crippen LogP contribution in [-0.2, 0) is 11.2 Å². The van der Waals surface area contributed by atoms with E-state index in [2.05, 4.69) is 30.1 Å². The van der Waals surface area contributed by atoms with Crippen molar-refractivity contribution >= 4 is 11.7 Å². The Morgan fingerprint density at radius 1 is 1.15 bits per heavy atom. The van der Waals surface area contributed by atoms with Gasteiger partial charge in [-0.25, -0.2) is 0 Å². The molecule has 1 aliphatic heterocycles. The lowest BCUT2D eigenvalue weighted by molar-refractivity contribution is -0.124. The summed E-state index contributed by atoms with van der Waals surface area (Å²) in [6.45, 7) is 4.13. The van der Waals surface area contributed by atoms with Gasteiger partial charge in [-0.2, -0.15) is 5.10 Å². The highest BCUT2D eigenvalue weighted by Crippen LogP contribution is 2.32. The van der Waals surface area contributed by atoms with Crippen LogP contribution in [0.3, 0.4) is 0 Å². The Labute approximate surface area is 152 Å². The lowest BCUT2D eigenvalue weighted by Gasteiger charge is -2.18. The van der Waals surface area contributed by atoms with E-state index in [1.54, 1.807) is 11.9 Å². The number of hydrogen-bond acceptors (Lipinski definition) is 3. The Hall–Kier alpha value is -3.08. The molecule has 3 aromatic rings. The van der Waals surface area contributed by atoms with Crippen molar-refractivity contribution in [3.63, 3.8) is 0 Å². The lowest BCUT2D eigenvalue weighted by atomic mass is 10.0. The number of aromatic amines is 1. The second-order valence-electron chi connectivity index (χ2n) is 6.76. The van der Waals surface area contributed by atoms with Crippen LogP contribution in [0.25, 0.3) is 11.3 Å². The number of H-pyrrole nitrogens is 1. The molecule has 0 bridgehead atoms. The number of likely N-dealkylation sites (N-methyl/N-ethyl adjacent to an activating group) is 1. The third-order valence-corrected chi connectivity index (χ3v) is 4.95. The summed E-state index contributed by atoms with van der Waals surface area (Å²) in [5.74, 6) is 1.30. The van der Waals surface area contributed by atoms with Crippen LogP contribution in [0.4, 0.5) is 5.82 Å². The number of aryl methyl sites for hydroxylation is 2. The fourth-order valence-corrected chi connectivity index (χ4v) is 3.23. The maximum absolute atomic E-state index is 12.9. The van der Waals surface area contributed by atoms with E-state index < -0.39 is 6.10 Å². The number of anilines is 1. The van der Waals surface area contributed by atoms with Gasteiger partial charge in [0.25, 0.3) is 5.91 Å². The number of benzene rings is 2. The maximum atomic E-state index is 12.9. The molecule has 5 nitrogen and oxygen atoms in total. The lowest BCUT2D eigenvalue weighted by Crippen LogP contribution is -2.39. The molecule has 4 rings (SSSR count). The largest absolute Gasteiger partial charge is 0.480 e. The minimum absolute atomic E-state index is 0.0948. The van der Waals surface area contributed by atoms with Crippen molar-refractivity contribution in [2.24, 2.45) is 0 Å². The number of carbonyl (C=O) groups excluding carboxylic acids is 1. The molecular weight excluding hydrogens is 326 g/mol. The predicted molar refractivity (Wildman–Crippen MR) is 101 cm³/mol. The highest BCUT2D eigenvalue weighted by atomic mass is 16.5. The normalized spacial score (nSPS) is 15.4. The second kappa shape index (κ2) is 6.33. The van der Waals surface area contributed by atoms with Crippen LogP contribution in [0.2, 0.25) is 0 Å². The van der Waals surface area contributed by atoms with E-state index in [0.29, 0.717) is 12.2 Å². The summed E-state index contributed by atoms with van der Waals surface area (Å²) in [4.78, 5) is 14.4. The van der Waals surface area contributed by atoms with Gasteiger partial charge in [-0.1, -0.05) is 36.4 Å². The first-order valence-corrected chi connectivity index (χ1v) is 8.68. The first-order chi connectivity index (χ1) is 12.5. The van der Waals surface area contributed by atoms with Crippen molar-refractivity contribution in [2.75, 3.05) is 11.9 Å². The number of nitrogens with zero attached hydrogens (tertiary/aromatic N) is 2. The van der Waals surface area contributed by atoms with Gasteiger partial charge in [0, 0.05) is 19.5 Å². The number of carbonyl (C=O) groups is 1. The molecule has 132 valence electrons. The van der Waals surface area contributed by atoms with Gasteiger partial charge in [0.1, 0.15) is 5.75 Å². The fourth-order valence-electron chi connectivity index (χ4n) is 3.23. The molecule has 1 aromatic heterocycles. The van der Waals surface area contributed by atoms with Crippen molar-refractivity contribution in [3.8, 4) is 17.0 Å². The molecule has 26 heavy (non-hydrogen) atoms. The molecule has 1 N–H and O–H groups in total. The van der Waals surface area contributed by atoms with E-state index in [-0.39, 0.29) is 5.91 Å². The third-order valence-electron chi connectivity index (χ3n) is 4.95. The Morgan fingerprint density at radius 3 is 2.65 bits per heavy atom.